The third-order valence-electron chi connectivity index (χ3n) is 2.30. The zero-order valence-electron chi connectivity index (χ0n) is 11.1. The Morgan fingerprint density at radius 3 is 2.33 bits per heavy atom. The first kappa shape index (κ1) is 14.0. The number of fused-ring (bicyclic) bond motifs is 1. The van der Waals surface area contributed by atoms with Crippen molar-refractivity contribution in [1.29, 1.82) is 0 Å². The zero-order chi connectivity index (χ0) is 13.5. The van der Waals surface area contributed by atoms with Crippen molar-refractivity contribution in [3.8, 4) is 5.75 Å². The standard InChI is InChI=1S/C14H12O2.C2H6/c1-10(2)14(15)16-13-9-5-7-11-6-3-4-8-12(11)13;1-2/h3-9H,1H2,2H3;1-2H3. The van der Waals surface area contributed by atoms with Crippen molar-refractivity contribution >= 4 is 16.7 Å². The minimum absolute atomic E-state index is 0.392. The van der Waals surface area contributed by atoms with Gasteiger partial charge >= 0.3 is 5.97 Å². The molecule has 0 radical (unpaired) electrons. The van der Waals surface area contributed by atoms with Gasteiger partial charge in [-0.3, -0.25) is 0 Å². The average Bonchev–Trinajstić information content (AvgIpc) is 2.41. The summed E-state index contributed by atoms with van der Waals surface area (Å²) in [5.74, 6) is 0.183. The van der Waals surface area contributed by atoms with Crippen LogP contribution in [0, 0.1) is 0 Å². The molecule has 0 saturated carbocycles. The highest BCUT2D eigenvalue weighted by Gasteiger charge is 2.07. The topological polar surface area (TPSA) is 26.3 Å². The van der Waals surface area contributed by atoms with Crippen LogP contribution in [-0.2, 0) is 4.79 Å². The van der Waals surface area contributed by atoms with E-state index in [1.807, 2.05) is 50.2 Å². The van der Waals surface area contributed by atoms with Gasteiger partial charge in [0.05, 0.1) is 0 Å². The van der Waals surface area contributed by atoms with Crippen LogP contribution >= 0.6 is 0 Å². The van der Waals surface area contributed by atoms with Crippen molar-refractivity contribution < 1.29 is 9.53 Å². The third kappa shape index (κ3) is 3.20. The molecular formula is C16H18O2. The van der Waals surface area contributed by atoms with Crippen LogP contribution in [0.15, 0.2) is 54.6 Å². The molecule has 0 heterocycles. The molecule has 2 rings (SSSR count). The molecule has 0 fully saturated rings. The highest BCUT2D eigenvalue weighted by molar-refractivity contribution is 5.94. The molecule has 0 unspecified atom stereocenters. The van der Waals surface area contributed by atoms with Crippen LogP contribution in [0.5, 0.6) is 5.75 Å². The van der Waals surface area contributed by atoms with Crippen LogP contribution in [0.3, 0.4) is 0 Å². The normalized spacial score (nSPS) is 9.28. The van der Waals surface area contributed by atoms with Crippen molar-refractivity contribution in [1.82, 2.24) is 0 Å². The molecule has 0 aliphatic rings. The summed E-state index contributed by atoms with van der Waals surface area (Å²) in [6, 6.07) is 13.4. The number of esters is 1. The summed E-state index contributed by atoms with van der Waals surface area (Å²) in [6.45, 7) is 9.19. The second kappa shape index (κ2) is 6.60. The van der Waals surface area contributed by atoms with Crippen molar-refractivity contribution in [2.75, 3.05) is 0 Å². The number of ether oxygens (including phenoxy) is 1. The molecule has 2 heteroatoms. The van der Waals surface area contributed by atoms with Crippen molar-refractivity contribution in [2.45, 2.75) is 20.8 Å². The van der Waals surface area contributed by atoms with E-state index in [2.05, 4.69) is 6.58 Å². The second-order valence-corrected chi connectivity index (χ2v) is 3.65. The van der Waals surface area contributed by atoms with Gasteiger partial charge in [0.25, 0.3) is 0 Å². The summed E-state index contributed by atoms with van der Waals surface area (Å²) in [4.78, 5) is 11.4. The van der Waals surface area contributed by atoms with E-state index in [0.29, 0.717) is 11.3 Å². The van der Waals surface area contributed by atoms with E-state index in [1.165, 1.54) is 0 Å². The molecule has 0 spiro atoms. The van der Waals surface area contributed by atoms with Gasteiger partial charge in [0.2, 0.25) is 0 Å². The van der Waals surface area contributed by atoms with Crippen LogP contribution in [0.4, 0.5) is 0 Å². The fourth-order valence-corrected chi connectivity index (χ4v) is 1.47. The fourth-order valence-electron chi connectivity index (χ4n) is 1.47. The lowest BCUT2D eigenvalue weighted by Gasteiger charge is -2.06. The molecule has 0 bridgehead atoms. The first-order chi connectivity index (χ1) is 8.68. The van der Waals surface area contributed by atoms with E-state index >= 15 is 0 Å². The summed E-state index contributed by atoms with van der Waals surface area (Å²) < 4.78 is 5.25. The minimum Gasteiger partial charge on any atom is -0.423 e. The summed E-state index contributed by atoms with van der Waals surface area (Å²) in [5.41, 5.74) is 0.396. The van der Waals surface area contributed by atoms with Gasteiger partial charge in [0, 0.05) is 11.0 Å². The number of rotatable bonds is 2. The highest BCUT2D eigenvalue weighted by atomic mass is 16.5. The number of carbonyl (C=O) groups excluding carboxylic acids is 1. The van der Waals surface area contributed by atoms with Crippen LogP contribution in [0.2, 0.25) is 0 Å². The Balaban J connectivity index is 0.000000771. The maximum absolute atomic E-state index is 11.4. The monoisotopic (exact) mass is 242 g/mol. The summed E-state index contributed by atoms with van der Waals surface area (Å²) >= 11 is 0. The number of hydrogen-bond acceptors (Lipinski definition) is 2. The van der Waals surface area contributed by atoms with Crippen LogP contribution < -0.4 is 4.74 Å². The van der Waals surface area contributed by atoms with Gasteiger partial charge in [-0.05, 0) is 18.4 Å². The number of benzene rings is 2. The van der Waals surface area contributed by atoms with E-state index in [9.17, 15) is 4.79 Å². The van der Waals surface area contributed by atoms with E-state index < -0.39 is 5.97 Å². The fraction of sp³-hybridized carbons (Fsp3) is 0.188. The van der Waals surface area contributed by atoms with Gasteiger partial charge in [-0.1, -0.05) is 56.8 Å². The molecule has 0 aromatic heterocycles. The second-order valence-electron chi connectivity index (χ2n) is 3.65. The Morgan fingerprint density at radius 2 is 1.67 bits per heavy atom. The Hall–Kier alpha value is -2.09. The van der Waals surface area contributed by atoms with E-state index in [1.54, 1.807) is 13.0 Å². The molecule has 0 atom stereocenters. The maximum atomic E-state index is 11.4. The number of hydrogen-bond donors (Lipinski definition) is 0. The molecule has 0 saturated heterocycles. The molecule has 0 aliphatic carbocycles. The van der Waals surface area contributed by atoms with Gasteiger partial charge in [0.15, 0.2) is 0 Å². The Labute approximate surface area is 108 Å². The lowest BCUT2D eigenvalue weighted by Crippen LogP contribution is -2.08. The molecule has 94 valence electrons. The van der Waals surface area contributed by atoms with Gasteiger partial charge in [-0.15, -0.1) is 0 Å². The average molecular weight is 242 g/mol. The Morgan fingerprint density at radius 1 is 1.06 bits per heavy atom. The Bertz CT molecular complexity index is 551. The van der Waals surface area contributed by atoms with Gasteiger partial charge in [-0.25, -0.2) is 4.79 Å². The van der Waals surface area contributed by atoms with Gasteiger partial charge in [0.1, 0.15) is 5.75 Å². The van der Waals surface area contributed by atoms with Crippen LogP contribution in [0.25, 0.3) is 10.8 Å². The van der Waals surface area contributed by atoms with Crippen LogP contribution in [0.1, 0.15) is 20.8 Å². The van der Waals surface area contributed by atoms with E-state index in [0.717, 1.165) is 10.8 Å². The molecule has 2 aromatic carbocycles. The lowest BCUT2D eigenvalue weighted by atomic mass is 10.1. The molecule has 18 heavy (non-hydrogen) atoms. The number of carbonyl (C=O) groups is 1. The summed E-state index contributed by atoms with van der Waals surface area (Å²) in [6.07, 6.45) is 0. The smallest absolute Gasteiger partial charge is 0.338 e. The summed E-state index contributed by atoms with van der Waals surface area (Å²) in [5, 5.41) is 1.98. The van der Waals surface area contributed by atoms with Crippen LogP contribution in [-0.4, -0.2) is 5.97 Å². The van der Waals surface area contributed by atoms with E-state index in [-0.39, 0.29) is 0 Å². The van der Waals surface area contributed by atoms with Gasteiger partial charge in [-0.2, -0.15) is 0 Å². The molecule has 2 nitrogen and oxygen atoms in total. The molecule has 0 N–H and O–H groups in total. The minimum atomic E-state index is -0.392. The largest absolute Gasteiger partial charge is 0.423 e. The zero-order valence-corrected chi connectivity index (χ0v) is 11.1. The predicted octanol–water partition coefficient (Wildman–Crippen LogP) is 4.35. The first-order valence-electron chi connectivity index (χ1n) is 6.04. The predicted molar refractivity (Wildman–Crippen MR) is 75.7 cm³/mol. The first-order valence-corrected chi connectivity index (χ1v) is 6.04. The maximum Gasteiger partial charge on any atom is 0.338 e. The highest BCUT2D eigenvalue weighted by Crippen LogP contribution is 2.25. The Kier molecular flexibility index (Phi) is 5.12. The lowest BCUT2D eigenvalue weighted by molar-refractivity contribution is -0.129. The third-order valence-corrected chi connectivity index (χ3v) is 2.30. The molecule has 0 amide bonds. The SMILES string of the molecule is C=C(C)C(=O)Oc1cccc2ccccc12.CC. The summed E-state index contributed by atoms with van der Waals surface area (Å²) in [7, 11) is 0. The van der Waals surface area contributed by atoms with Crippen molar-refractivity contribution in [3.63, 3.8) is 0 Å². The quantitative estimate of drug-likeness (QED) is 0.444. The van der Waals surface area contributed by atoms with E-state index in [4.69, 9.17) is 4.74 Å². The molecule has 2 aromatic rings. The van der Waals surface area contributed by atoms with Gasteiger partial charge < -0.3 is 4.74 Å². The van der Waals surface area contributed by atoms with Crippen molar-refractivity contribution in [2.24, 2.45) is 0 Å². The molecule has 0 aliphatic heterocycles. The molecular weight excluding hydrogens is 224 g/mol. The van der Waals surface area contributed by atoms with Crippen molar-refractivity contribution in [3.05, 3.63) is 54.6 Å².